The first-order valence-corrected chi connectivity index (χ1v) is 9.79. The fraction of sp³-hybridized carbons (Fsp3) is 0.526. The largest absolute Gasteiger partial charge is 0.359 e. The van der Waals surface area contributed by atoms with E-state index in [0.717, 1.165) is 29.5 Å². The van der Waals surface area contributed by atoms with Crippen LogP contribution in [0.25, 0.3) is 10.7 Å². The minimum Gasteiger partial charge on any atom is -0.359 e. The van der Waals surface area contributed by atoms with Crippen molar-refractivity contribution in [3.63, 3.8) is 0 Å². The topological polar surface area (TPSA) is 76.0 Å². The summed E-state index contributed by atoms with van der Waals surface area (Å²) in [5.74, 6) is 0.297. The second-order valence-corrected chi connectivity index (χ2v) is 8.64. The van der Waals surface area contributed by atoms with Gasteiger partial charge in [-0.2, -0.15) is 0 Å². The van der Waals surface area contributed by atoms with Gasteiger partial charge in [0.05, 0.1) is 16.5 Å². The van der Waals surface area contributed by atoms with Crippen molar-refractivity contribution >= 4 is 23.0 Å². The van der Waals surface area contributed by atoms with Crippen molar-refractivity contribution in [1.82, 2.24) is 20.2 Å². The number of hydrogen-bond donors (Lipinski definition) is 2. The molecule has 0 bridgehead atoms. The van der Waals surface area contributed by atoms with Gasteiger partial charge in [-0.3, -0.25) is 9.59 Å². The number of rotatable bonds is 5. The summed E-state index contributed by atoms with van der Waals surface area (Å²) in [5.41, 5.74) is 1.12. The smallest absolute Gasteiger partial charge is 0.223 e. The second kappa shape index (κ2) is 7.32. The van der Waals surface area contributed by atoms with Gasteiger partial charge < -0.3 is 15.2 Å². The van der Waals surface area contributed by atoms with Crippen LogP contribution in [0, 0.1) is 11.3 Å². The number of Topliss-reactive ketones (excluding diaryl/α,β-unsaturated/α-hetero) is 1. The van der Waals surface area contributed by atoms with E-state index in [4.69, 9.17) is 4.98 Å². The van der Waals surface area contributed by atoms with Crippen molar-refractivity contribution in [2.75, 3.05) is 13.6 Å². The molecule has 1 aliphatic heterocycles. The van der Waals surface area contributed by atoms with Crippen LogP contribution in [0.3, 0.4) is 0 Å². The van der Waals surface area contributed by atoms with E-state index in [1.807, 2.05) is 38.3 Å². The summed E-state index contributed by atoms with van der Waals surface area (Å²) in [6.07, 6.45) is 0.164. The predicted octanol–water partition coefficient (Wildman–Crippen LogP) is 2.70. The van der Waals surface area contributed by atoms with Crippen molar-refractivity contribution in [2.24, 2.45) is 11.3 Å². The molecule has 2 aromatic rings. The Hall–Kier alpha value is -1.99. The van der Waals surface area contributed by atoms with Gasteiger partial charge in [0, 0.05) is 33.1 Å². The lowest BCUT2D eigenvalue weighted by molar-refractivity contribution is -0.127. The zero-order valence-electron chi connectivity index (χ0n) is 15.8. The maximum absolute atomic E-state index is 13.1. The van der Waals surface area contributed by atoms with Crippen molar-refractivity contribution in [1.29, 1.82) is 0 Å². The summed E-state index contributed by atoms with van der Waals surface area (Å²) in [5, 5.41) is 8.03. The number of aromatic nitrogens is 2. The highest BCUT2D eigenvalue weighted by atomic mass is 32.1. The van der Waals surface area contributed by atoms with E-state index < -0.39 is 0 Å². The fourth-order valence-electron chi connectivity index (χ4n) is 3.37. The van der Waals surface area contributed by atoms with Crippen LogP contribution in [0.2, 0.25) is 0 Å². The van der Waals surface area contributed by atoms with Crippen LogP contribution < -0.4 is 10.6 Å². The highest BCUT2D eigenvalue weighted by Crippen LogP contribution is 2.32. The molecule has 0 saturated carbocycles. The van der Waals surface area contributed by atoms with Gasteiger partial charge in [0.2, 0.25) is 5.91 Å². The minimum atomic E-state index is -0.390. The summed E-state index contributed by atoms with van der Waals surface area (Å²) in [6.45, 7) is 8.24. The van der Waals surface area contributed by atoms with Gasteiger partial charge in [0.25, 0.3) is 0 Å². The Morgan fingerprint density at radius 2 is 2.19 bits per heavy atom. The Morgan fingerprint density at radius 1 is 1.42 bits per heavy atom. The van der Waals surface area contributed by atoms with E-state index in [2.05, 4.69) is 15.2 Å². The molecule has 26 heavy (non-hydrogen) atoms. The molecule has 0 spiro atoms. The van der Waals surface area contributed by atoms with E-state index >= 15 is 0 Å². The standard InChI is InChI=1S/C19H26N4O2S/c1-19(2,3)12(18(25)20-4)10-14(24)16-13-11-21-7-8-23(13)17(22-16)15-6-5-9-26-15/h5-6,9,12,21H,7-8,10-11H2,1-4H3,(H,20,25)/t12-/m1/s1. The molecule has 0 aromatic carbocycles. The Kier molecular flexibility index (Phi) is 5.29. The van der Waals surface area contributed by atoms with E-state index in [1.54, 1.807) is 18.4 Å². The molecule has 0 unspecified atom stereocenters. The van der Waals surface area contributed by atoms with Crippen molar-refractivity contribution in [3.05, 3.63) is 28.9 Å². The molecule has 2 aromatic heterocycles. The summed E-state index contributed by atoms with van der Waals surface area (Å²) in [7, 11) is 1.61. The summed E-state index contributed by atoms with van der Waals surface area (Å²) < 4.78 is 2.14. The van der Waals surface area contributed by atoms with E-state index in [-0.39, 0.29) is 29.4 Å². The lowest BCUT2D eigenvalue weighted by atomic mass is 9.77. The zero-order chi connectivity index (χ0) is 18.9. The van der Waals surface area contributed by atoms with Gasteiger partial charge in [-0.05, 0) is 16.9 Å². The van der Waals surface area contributed by atoms with Crippen LogP contribution >= 0.6 is 11.3 Å². The molecule has 1 amide bonds. The van der Waals surface area contributed by atoms with Crippen molar-refractivity contribution in [3.8, 4) is 10.7 Å². The van der Waals surface area contributed by atoms with Crippen LogP contribution in [0.1, 0.15) is 43.4 Å². The molecule has 7 heteroatoms. The Labute approximate surface area is 158 Å². The van der Waals surface area contributed by atoms with Crippen LogP contribution in [-0.4, -0.2) is 34.8 Å². The van der Waals surface area contributed by atoms with E-state index in [0.29, 0.717) is 12.2 Å². The van der Waals surface area contributed by atoms with Crippen LogP contribution in [0.15, 0.2) is 17.5 Å². The first kappa shape index (κ1) is 18.8. The zero-order valence-corrected chi connectivity index (χ0v) is 16.6. The van der Waals surface area contributed by atoms with Gasteiger partial charge in [-0.1, -0.05) is 26.8 Å². The first-order chi connectivity index (χ1) is 12.3. The van der Waals surface area contributed by atoms with Gasteiger partial charge >= 0.3 is 0 Å². The monoisotopic (exact) mass is 374 g/mol. The van der Waals surface area contributed by atoms with Gasteiger partial charge in [0.15, 0.2) is 11.6 Å². The SMILES string of the molecule is CNC(=O)[C@@H](CC(=O)c1nc(-c2cccs2)n2c1CNCC2)C(C)(C)C. The lowest BCUT2D eigenvalue weighted by Crippen LogP contribution is -2.38. The second-order valence-electron chi connectivity index (χ2n) is 7.70. The number of imidazole rings is 1. The molecule has 1 atom stereocenters. The number of carbonyl (C=O) groups excluding carboxylic acids is 2. The van der Waals surface area contributed by atoms with E-state index in [9.17, 15) is 9.59 Å². The Balaban J connectivity index is 1.96. The Morgan fingerprint density at radius 3 is 2.81 bits per heavy atom. The van der Waals surface area contributed by atoms with Crippen molar-refractivity contribution in [2.45, 2.75) is 40.3 Å². The third-order valence-corrected chi connectivity index (χ3v) is 5.75. The summed E-state index contributed by atoms with van der Waals surface area (Å²) >= 11 is 1.62. The molecule has 0 fully saturated rings. The van der Waals surface area contributed by atoms with Crippen LogP contribution in [-0.2, 0) is 17.9 Å². The Bertz CT molecular complexity index is 802. The van der Waals surface area contributed by atoms with E-state index in [1.165, 1.54) is 0 Å². The first-order valence-electron chi connectivity index (χ1n) is 8.91. The number of hydrogen-bond acceptors (Lipinski definition) is 5. The minimum absolute atomic E-state index is 0.0659. The molecule has 0 radical (unpaired) electrons. The van der Waals surface area contributed by atoms with Crippen molar-refractivity contribution < 1.29 is 9.59 Å². The van der Waals surface area contributed by atoms with Gasteiger partial charge in [-0.15, -0.1) is 11.3 Å². The molecular formula is C19H26N4O2S. The van der Waals surface area contributed by atoms with Gasteiger partial charge in [-0.25, -0.2) is 4.98 Å². The fourth-order valence-corrected chi connectivity index (χ4v) is 4.09. The third-order valence-electron chi connectivity index (χ3n) is 4.88. The summed E-state index contributed by atoms with van der Waals surface area (Å²) in [4.78, 5) is 31.2. The number of amides is 1. The highest BCUT2D eigenvalue weighted by Gasteiger charge is 2.35. The quantitative estimate of drug-likeness (QED) is 0.789. The maximum Gasteiger partial charge on any atom is 0.223 e. The number of nitrogens with zero attached hydrogens (tertiary/aromatic N) is 2. The average Bonchev–Trinajstić information content (AvgIpc) is 3.25. The molecule has 6 nitrogen and oxygen atoms in total. The molecule has 3 heterocycles. The molecule has 0 saturated heterocycles. The lowest BCUT2D eigenvalue weighted by Gasteiger charge is -2.28. The van der Waals surface area contributed by atoms with Gasteiger partial charge in [0.1, 0.15) is 5.69 Å². The molecule has 3 rings (SSSR count). The molecule has 0 aliphatic carbocycles. The highest BCUT2D eigenvalue weighted by molar-refractivity contribution is 7.13. The number of ketones is 1. The number of nitrogens with one attached hydrogen (secondary N) is 2. The number of thiophene rings is 1. The molecule has 2 N–H and O–H groups in total. The average molecular weight is 375 g/mol. The summed E-state index contributed by atoms with van der Waals surface area (Å²) in [6, 6.07) is 4.02. The third kappa shape index (κ3) is 3.59. The number of fused-ring (bicyclic) bond motifs is 1. The maximum atomic E-state index is 13.1. The normalized spacial score (nSPS) is 15.4. The molecule has 140 valence electrons. The van der Waals surface area contributed by atoms with Crippen LogP contribution in [0.4, 0.5) is 0 Å². The number of carbonyl (C=O) groups is 2. The molecule has 1 aliphatic rings. The predicted molar refractivity (Wildman–Crippen MR) is 103 cm³/mol. The molecular weight excluding hydrogens is 348 g/mol. The van der Waals surface area contributed by atoms with Crippen LogP contribution in [0.5, 0.6) is 0 Å².